The number of para-hydroxylation sites is 1. The molecule has 0 radical (unpaired) electrons. The van der Waals surface area contributed by atoms with Crippen LogP contribution in [0.3, 0.4) is 0 Å². The fraction of sp³-hybridized carbons (Fsp3) is 0.263. The molecule has 4 rings (SSSR count). The van der Waals surface area contributed by atoms with Gasteiger partial charge in [-0.15, -0.1) is 0 Å². The molecule has 3 heterocycles. The molecule has 3 aromatic rings. The molecule has 0 aliphatic carbocycles. The molecule has 1 fully saturated rings. The average molecular weight is 333 g/mol. The van der Waals surface area contributed by atoms with Gasteiger partial charge in [0.2, 0.25) is 0 Å². The molecule has 0 spiro atoms. The van der Waals surface area contributed by atoms with Gasteiger partial charge in [0.15, 0.2) is 0 Å². The first-order valence-corrected chi connectivity index (χ1v) is 8.41. The number of aromatic nitrogens is 3. The summed E-state index contributed by atoms with van der Waals surface area (Å²) >= 11 is 0. The second kappa shape index (κ2) is 6.94. The molecule has 6 nitrogen and oxygen atoms in total. The van der Waals surface area contributed by atoms with Crippen LogP contribution in [0.4, 0.5) is 0 Å². The first kappa shape index (κ1) is 15.7. The molecule has 1 saturated heterocycles. The van der Waals surface area contributed by atoms with E-state index < -0.39 is 0 Å². The van der Waals surface area contributed by atoms with Gasteiger partial charge in [-0.2, -0.15) is 0 Å². The predicted octanol–water partition coefficient (Wildman–Crippen LogP) is 1.98. The van der Waals surface area contributed by atoms with E-state index in [4.69, 9.17) is 0 Å². The maximum atomic E-state index is 12.4. The van der Waals surface area contributed by atoms with Gasteiger partial charge in [-0.25, -0.2) is 4.98 Å². The summed E-state index contributed by atoms with van der Waals surface area (Å²) in [5, 5.41) is 1.16. The minimum absolute atomic E-state index is 0.0421. The summed E-state index contributed by atoms with van der Waals surface area (Å²) in [6.45, 7) is 3.94. The van der Waals surface area contributed by atoms with Crippen molar-refractivity contribution in [3.8, 4) is 0 Å². The van der Waals surface area contributed by atoms with Crippen molar-refractivity contribution in [2.75, 3.05) is 26.2 Å². The zero-order valence-corrected chi connectivity index (χ0v) is 13.9. The number of hydrogen-bond acceptors (Lipinski definition) is 5. The average Bonchev–Trinajstić information content (AvgIpc) is 2.69. The second-order valence-electron chi connectivity index (χ2n) is 6.15. The fourth-order valence-corrected chi connectivity index (χ4v) is 3.22. The molecular weight excluding hydrogens is 314 g/mol. The van der Waals surface area contributed by atoms with E-state index in [9.17, 15) is 4.79 Å². The molecule has 1 amide bonds. The number of benzene rings is 1. The van der Waals surface area contributed by atoms with E-state index >= 15 is 0 Å². The summed E-state index contributed by atoms with van der Waals surface area (Å²) in [6, 6.07) is 10.3. The van der Waals surface area contributed by atoms with Gasteiger partial charge in [0.05, 0.1) is 11.7 Å². The predicted molar refractivity (Wildman–Crippen MR) is 95.0 cm³/mol. The molecule has 0 bridgehead atoms. The first-order chi connectivity index (χ1) is 12.3. The molecule has 1 aliphatic rings. The molecule has 0 saturated carbocycles. The van der Waals surface area contributed by atoms with Crippen molar-refractivity contribution in [3.63, 3.8) is 0 Å². The lowest BCUT2D eigenvalue weighted by molar-refractivity contribution is 0.0622. The highest BCUT2D eigenvalue weighted by Crippen LogP contribution is 2.18. The third-order valence-corrected chi connectivity index (χ3v) is 4.55. The van der Waals surface area contributed by atoms with Crippen molar-refractivity contribution >= 4 is 16.8 Å². The molecule has 0 N–H and O–H groups in total. The van der Waals surface area contributed by atoms with Gasteiger partial charge in [-0.05, 0) is 11.6 Å². The number of rotatable bonds is 3. The molecule has 126 valence electrons. The van der Waals surface area contributed by atoms with Gasteiger partial charge < -0.3 is 4.90 Å². The van der Waals surface area contributed by atoms with Crippen LogP contribution in [0.15, 0.2) is 55.1 Å². The molecule has 1 aliphatic heterocycles. The Morgan fingerprint density at radius 3 is 2.60 bits per heavy atom. The van der Waals surface area contributed by atoms with Crippen LogP contribution in [-0.2, 0) is 6.54 Å². The third kappa shape index (κ3) is 3.34. The Morgan fingerprint density at radius 1 is 0.960 bits per heavy atom. The van der Waals surface area contributed by atoms with Crippen LogP contribution < -0.4 is 0 Å². The molecule has 25 heavy (non-hydrogen) atoms. The summed E-state index contributed by atoms with van der Waals surface area (Å²) in [5.74, 6) is -0.0421. The minimum Gasteiger partial charge on any atom is -0.335 e. The van der Waals surface area contributed by atoms with E-state index in [0.29, 0.717) is 18.8 Å². The number of hydrogen-bond donors (Lipinski definition) is 0. The van der Waals surface area contributed by atoms with Gasteiger partial charge >= 0.3 is 0 Å². The quantitative estimate of drug-likeness (QED) is 0.733. The lowest BCUT2D eigenvalue weighted by Crippen LogP contribution is -2.48. The zero-order valence-electron chi connectivity index (χ0n) is 13.9. The van der Waals surface area contributed by atoms with Crippen molar-refractivity contribution in [1.82, 2.24) is 24.8 Å². The smallest absolute Gasteiger partial charge is 0.274 e. The van der Waals surface area contributed by atoms with Gasteiger partial charge in [0.25, 0.3) is 5.91 Å². The Hall–Kier alpha value is -2.86. The van der Waals surface area contributed by atoms with Crippen molar-refractivity contribution in [1.29, 1.82) is 0 Å². The van der Waals surface area contributed by atoms with Crippen molar-refractivity contribution < 1.29 is 4.79 Å². The number of piperazine rings is 1. The monoisotopic (exact) mass is 333 g/mol. The Kier molecular flexibility index (Phi) is 4.35. The maximum Gasteiger partial charge on any atom is 0.274 e. The number of amides is 1. The summed E-state index contributed by atoms with van der Waals surface area (Å²) < 4.78 is 0. The Balaban J connectivity index is 1.41. The van der Waals surface area contributed by atoms with Crippen molar-refractivity contribution in [3.05, 3.63) is 66.4 Å². The van der Waals surface area contributed by atoms with Crippen LogP contribution in [-0.4, -0.2) is 56.8 Å². The summed E-state index contributed by atoms with van der Waals surface area (Å²) in [6.07, 6.45) is 6.49. The van der Waals surface area contributed by atoms with E-state index in [1.54, 1.807) is 12.4 Å². The Labute approximate surface area is 146 Å². The Bertz CT molecular complexity index is 870. The number of fused-ring (bicyclic) bond motifs is 1. The van der Waals surface area contributed by atoms with Crippen molar-refractivity contribution in [2.45, 2.75) is 6.54 Å². The normalized spacial score (nSPS) is 15.4. The van der Waals surface area contributed by atoms with E-state index in [1.165, 1.54) is 11.8 Å². The van der Waals surface area contributed by atoms with Crippen LogP contribution in [0.5, 0.6) is 0 Å². The number of nitrogens with zero attached hydrogens (tertiary/aromatic N) is 5. The largest absolute Gasteiger partial charge is 0.335 e. The first-order valence-electron chi connectivity index (χ1n) is 8.41. The lowest BCUT2D eigenvalue weighted by Gasteiger charge is -2.34. The van der Waals surface area contributed by atoms with Gasteiger partial charge in [-0.1, -0.05) is 24.3 Å². The molecule has 2 aromatic heterocycles. The van der Waals surface area contributed by atoms with Gasteiger partial charge in [0.1, 0.15) is 5.69 Å². The van der Waals surface area contributed by atoms with Crippen LogP contribution in [0.2, 0.25) is 0 Å². The zero-order chi connectivity index (χ0) is 17.1. The topological polar surface area (TPSA) is 62.2 Å². The molecule has 6 heteroatoms. The second-order valence-corrected chi connectivity index (χ2v) is 6.15. The highest BCUT2D eigenvalue weighted by Gasteiger charge is 2.23. The summed E-state index contributed by atoms with van der Waals surface area (Å²) in [4.78, 5) is 29.2. The SMILES string of the molecule is O=C(c1cnccn1)N1CCN(Cc2cccc3cccnc23)CC1. The van der Waals surface area contributed by atoms with Crippen LogP contribution in [0.1, 0.15) is 16.1 Å². The van der Waals surface area contributed by atoms with E-state index in [-0.39, 0.29) is 5.91 Å². The number of pyridine rings is 1. The van der Waals surface area contributed by atoms with Gasteiger partial charge in [-0.3, -0.25) is 19.7 Å². The Morgan fingerprint density at radius 2 is 1.80 bits per heavy atom. The lowest BCUT2D eigenvalue weighted by atomic mass is 10.1. The highest BCUT2D eigenvalue weighted by molar-refractivity contribution is 5.92. The molecular formula is C19H19N5O. The summed E-state index contributed by atoms with van der Waals surface area (Å²) in [5.41, 5.74) is 2.70. The maximum absolute atomic E-state index is 12.4. The van der Waals surface area contributed by atoms with Crippen LogP contribution in [0, 0.1) is 0 Å². The number of carbonyl (C=O) groups excluding carboxylic acids is 1. The van der Waals surface area contributed by atoms with E-state index in [0.717, 1.165) is 30.5 Å². The summed E-state index contributed by atoms with van der Waals surface area (Å²) in [7, 11) is 0. The minimum atomic E-state index is -0.0421. The van der Waals surface area contributed by atoms with E-state index in [1.807, 2.05) is 17.2 Å². The highest BCUT2D eigenvalue weighted by atomic mass is 16.2. The fourth-order valence-electron chi connectivity index (χ4n) is 3.22. The van der Waals surface area contributed by atoms with Crippen molar-refractivity contribution in [2.24, 2.45) is 0 Å². The third-order valence-electron chi connectivity index (χ3n) is 4.55. The molecule has 0 unspecified atom stereocenters. The molecule has 1 aromatic carbocycles. The van der Waals surface area contributed by atoms with Gasteiger partial charge in [0, 0.05) is 56.7 Å². The van der Waals surface area contributed by atoms with E-state index in [2.05, 4.69) is 44.1 Å². The standard InChI is InChI=1S/C19H19N5O/c25-19(17-13-20-7-8-21-17)24-11-9-23(10-12-24)14-16-4-1-3-15-5-2-6-22-18(15)16/h1-8,13H,9-12,14H2. The van der Waals surface area contributed by atoms with Crippen LogP contribution in [0.25, 0.3) is 10.9 Å². The number of carbonyl (C=O) groups is 1. The van der Waals surface area contributed by atoms with Crippen LogP contribution >= 0.6 is 0 Å². The molecule has 0 atom stereocenters.